The zero-order chi connectivity index (χ0) is 24.1. The smallest absolute Gasteiger partial charge is 0.870 e. The van der Waals surface area contributed by atoms with E-state index in [-0.39, 0.29) is 67.2 Å². The Kier molecular flexibility index (Phi) is 19.3. The first kappa shape index (κ1) is 34.5. The average molecular weight is 598 g/mol. The summed E-state index contributed by atoms with van der Waals surface area (Å²) in [5.41, 5.74) is 2.49. The zero-order valence-corrected chi connectivity index (χ0v) is 26.0. The van der Waals surface area contributed by atoms with Crippen molar-refractivity contribution >= 4 is 59.2 Å². The standard InChI is InChI=1S/C12H11ClNOS.C7H8S.C5H4Cl2NO.K.H2O/c13-11-7-4-8-12(14(11)15)16-9-10-5-2-1-3-6-10;8-6-7-4-2-1-3-5-7;6-4-2-1-3-5(7)8(4)9;;/h1-8,15H,9H2;1-5,8H,6H2;1-3,9H;;1H2/q+1;;2*+1;/p-1. The van der Waals surface area contributed by atoms with E-state index in [0.29, 0.717) is 9.88 Å². The van der Waals surface area contributed by atoms with Crippen molar-refractivity contribution in [2.24, 2.45) is 0 Å². The maximum atomic E-state index is 9.64. The molecule has 0 aliphatic carbocycles. The van der Waals surface area contributed by atoms with E-state index in [1.807, 2.05) is 48.5 Å². The van der Waals surface area contributed by atoms with Crippen LogP contribution in [0, 0.1) is 0 Å². The molecule has 0 spiro atoms. The Morgan fingerprint density at radius 3 is 1.49 bits per heavy atom. The zero-order valence-electron chi connectivity index (χ0n) is 18.9. The summed E-state index contributed by atoms with van der Waals surface area (Å²) in [5.74, 6) is 1.64. The predicted molar refractivity (Wildman–Crippen MR) is 140 cm³/mol. The Bertz CT molecular complexity index is 1110. The van der Waals surface area contributed by atoms with E-state index in [1.165, 1.54) is 23.3 Å². The molecule has 0 saturated heterocycles. The molecule has 0 aliphatic rings. The van der Waals surface area contributed by atoms with Gasteiger partial charge >= 0.3 is 66.8 Å². The maximum Gasteiger partial charge on any atom is 1.00 e. The summed E-state index contributed by atoms with van der Waals surface area (Å²) < 4.78 is 1.69. The van der Waals surface area contributed by atoms with Crippen molar-refractivity contribution in [3.8, 4) is 0 Å². The number of pyridine rings is 2. The molecule has 4 rings (SSSR count). The minimum atomic E-state index is 0. The van der Waals surface area contributed by atoms with Gasteiger partial charge in [0.25, 0.3) is 5.03 Å². The maximum absolute atomic E-state index is 9.64. The molecule has 2 aromatic carbocycles. The molecule has 4 aromatic rings. The first-order valence-corrected chi connectivity index (χ1v) is 12.4. The van der Waals surface area contributed by atoms with E-state index in [0.717, 1.165) is 21.3 Å². The molecule has 0 aliphatic heterocycles. The molecule has 2 heterocycles. The van der Waals surface area contributed by atoms with E-state index >= 15 is 0 Å². The minimum Gasteiger partial charge on any atom is -0.870 e. The van der Waals surface area contributed by atoms with E-state index in [1.54, 1.807) is 23.9 Å². The van der Waals surface area contributed by atoms with Gasteiger partial charge < -0.3 is 5.48 Å². The fraction of sp³-hybridized carbons (Fsp3) is 0.0833. The summed E-state index contributed by atoms with van der Waals surface area (Å²) in [5, 5.41) is 19.9. The average Bonchev–Trinajstić information content (AvgIpc) is 2.85. The number of hydrogen-bond acceptors (Lipinski definition) is 5. The molecule has 0 radical (unpaired) electrons. The van der Waals surface area contributed by atoms with Gasteiger partial charge in [-0.2, -0.15) is 12.6 Å². The van der Waals surface area contributed by atoms with Crippen molar-refractivity contribution in [2.75, 3.05) is 0 Å². The van der Waals surface area contributed by atoms with Gasteiger partial charge in [-0.1, -0.05) is 60.7 Å². The van der Waals surface area contributed by atoms with E-state index in [9.17, 15) is 5.21 Å². The van der Waals surface area contributed by atoms with Crippen LogP contribution in [0.4, 0.5) is 0 Å². The van der Waals surface area contributed by atoms with Gasteiger partial charge in [0.05, 0.1) is 0 Å². The Balaban J connectivity index is 0.000000523. The Morgan fingerprint density at radius 2 is 1.06 bits per heavy atom. The van der Waals surface area contributed by atoms with Crippen molar-refractivity contribution in [1.82, 2.24) is 0 Å². The second-order valence-electron chi connectivity index (χ2n) is 6.40. The van der Waals surface area contributed by atoms with Crippen LogP contribution in [-0.4, -0.2) is 15.9 Å². The summed E-state index contributed by atoms with van der Waals surface area (Å²) in [6, 6.07) is 30.3. The minimum absolute atomic E-state index is 0. The fourth-order valence-corrected chi connectivity index (χ4v) is 4.03. The van der Waals surface area contributed by atoms with Crippen LogP contribution in [0.15, 0.2) is 102 Å². The summed E-state index contributed by atoms with van der Waals surface area (Å²) in [6.07, 6.45) is 0. The van der Waals surface area contributed by atoms with Crippen LogP contribution in [0.1, 0.15) is 11.1 Å². The quantitative estimate of drug-likeness (QED) is 0.0839. The van der Waals surface area contributed by atoms with Gasteiger partial charge in [-0.15, -0.1) is 0 Å². The number of thioether (sulfide) groups is 1. The van der Waals surface area contributed by atoms with Crippen molar-refractivity contribution in [3.05, 3.63) is 124 Å². The van der Waals surface area contributed by atoms with Crippen molar-refractivity contribution in [3.63, 3.8) is 0 Å². The molecule has 180 valence electrons. The van der Waals surface area contributed by atoms with Crippen LogP contribution in [0.5, 0.6) is 0 Å². The molecular formula is C24H24Cl3KN2O3S2+2. The van der Waals surface area contributed by atoms with E-state index in [4.69, 9.17) is 40.0 Å². The monoisotopic (exact) mass is 596 g/mol. The molecule has 0 fully saturated rings. The number of thiol groups is 1. The van der Waals surface area contributed by atoms with Gasteiger partial charge in [-0.25, -0.2) is 0 Å². The molecule has 35 heavy (non-hydrogen) atoms. The third-order valence-electron chi connectivity index (χ3n) is 4.01. The van der Waals surface area contributed by atoms with Gasteiger partial charge in [0, 0.05) is 45.2 Å². The number of rotatable bonds is 4. The normalized spacial score (nSPS) is 9.26. The molecule has 0 bridgehead atoms. The largest absolute Gasteiger partial charge is 1.00 e. The number of aromatic nitrogens is 2. The van der Waals surface area contributed by atoms with Crippen molar-refractivity contribution < 1.29 is 76.7 Å². The number of hydrogen-bond donors (Lipinski definition) is 3. The predicted octanol–water partition coefficient (Wildman–Crippen LogP) is 3.62. The van der Waals surface area contributed by atoms with E-state index < -0.39 is 0 Å². The molecule has 0 unspecified atom stereocenters. The second kappa shape index (κ2) is 19.6. The number of benzene rings is 2. The molecule has 2 aromatic heterocycles. The molecule has 0 atom stereocenters. The first-order chi connectivity index (χ1) is 15.9. The van der Waals surface area contributed by atoms with Crippen molar-refractivity contribution in [1.29, 1.82) is 0 Å². The first-order valence-electron chi connectivity index (χ1n) is 9.69. The molecule has 5 nitrogen and oxygen atoms in total. The summed E-state index contributed by atoms with van der Waals surface area (Å²) in [4.78, 5) is 0. The summed E-state index contributed by atoms with van der Waals surface area (Å²) >= 11 is 22.3. The van der Waals surface area contributed by atoms with Gasteiger partial charge in [0.2, 0.25) is 0 Å². The third-order valence-corrected chi connectivity index (χ3v) is 6.32. The van der Waals surface area contributed by atoms with Crippen LogP contribution >= 0.6 is 59.2 Å². The van der Waals surface area contributed by atoms with Gasteiger partial charge in [0.1, 0.15) is 0 Å². The summed E-state index contributed by atoms with van der Waals surface area (Å²) in [7, 11) is 0. The number of halogens is 3. The van der Waals surface area contributed by atoms with Crippen LogP contribution in [0.25, 0.3) is 0 Å². The molecule has 3 N–H and O–H groups in total. The topological polar surface area (TPSA) is 78.2 Å². The van der Waals surface area contributed by atoms with Crippen molar-refractivity contribution in [2.45, 2.75) is 16.5 Å². The Morgan fingerprint density at radius 1 is 0.629 bits per heavy atom. The molecule has 0 amide bonds. The van der Waals surface area contributed by atoms with Gasteiger partial charge in [-0.05, 0) is 69.8 Å². The Labute approximate surface area is 272 Å². The molecule has 11 heteroatoms. The van der Waals surface area contributed by atoms with Gasteiger partial charge in [-0.3, -0.25) is 10.4 Å². The third kappa shape index (κ3) is 13.0. The molecule has 0 saturated carbocycles. The van der Waals surface area contributed by atoms with Crippen LogP contribution in [-0.2, 0) is 11.5 Å². The number of nitrogens with zero attached hydrogens (tertiary/aromatic N) is 2. The van der Waals surface area contributed by atoms with Gasteiger partial charge in [0.15, 0.2) is 0 Å². The summed E-state index contributed by atoms with van der Waals surface area (Å²) in [6.45, 7) is 0. The van der Waals surface area contributed by atoms with Crippen LogP contribution < -0.4 is 60.8 Å². The SMILES string of the molecule is O[n+]1c(Cl)cccc1Cl.O[n+]1c(Cl)cccc1SCc1ccccc1.SCc1ccccc1.[K+].[OH-]. The van der Waals surface area contributed by atoms with E-state index in [2.05, 4.69) is 36.9 Å². The van der Waals surface area contributed by atoms with Crippen LogP contribution in [0.2, 0.25) is 15.5 Å². The Hall–Kier alpha value is -0.494. The second-order valence-corrected chi connectivity index (χ2v) is 8.87. The molecular weight excluding hydrogens is 574 g/mol. The fourth-order valence-electron chi connectivity index (χ4n) is 2.33. The van der Waals surface area contributed by atoms with Crippen LogP contribution in [0.3, 0.4) is 0 Å².